The monoisotopic (exact) mass is 617 g/mol. The zero-order valence-electron chi connectivity index (χ0n) is 25.0. The molecule has 236 valence electrons. The first-order chi connectivity index (χ1) is 20.9. The lowest BCUT2D eigenvalue weighted by atomic mass is 9.71. The van der Waals surface area contributed by atoms with Gasteiger partial charge in [-0.1, -0.05) is 43.3 Å². The van der Waals surface area contributed by atoms with Gasteiger partial charge in [0, 0.05) is 31.2 Å². The Morgan fingerprint density at radius 2 is 1.93 bits per heavy atom. The second-order valence-electron chi connectivity index (χ2n) is 12.4. The summed E-state index contributed by atoms with van der Waals surface area (Å²) >= 11 is 0. The number of carbonyl (C=O) groups excluding carboxylic acids is 2. The number of benzene rings is 1. The van der Waals surface area contributed by atoms with E-state index in [0.29, 0.717) is 17.1 Å². The molecule has 1 aromatic rings. The summed E-state index contributed by atoms with van der Waals surface area (Å²) in [6.45, 7) is 6.02. The molecule has 5 saturated heterocycles. The Morgan fingerprint density at radius 3 is 2.59 bits per heavy atom. The summed E-state index contributed by atoms with van der Waals surface area (Å²) in [6.07, 6.45) is -1.20. The number of hydrogen-bond acceptors (Lipinski definition) is 9. The van der Waals surface area contributed by atoms with Crippen LogP contribution in [0.5, 0.6) is 0 Å². The van der Waals surface area contributed by atoms with Gasteiger partial charge in [0.2, 0.25) is 11.5 Å². The van der Waals surface area contributed by atoms with Crippen molar-refractivity contribution in [1.29, 1.82) is 0 Å². The van der Waals surface area contributed by atoms with Crippen LogP contribution in [0.3, 0.4) is 0 Å². The number of piperidine rings is 1. The molecule has 9 nitrogen and oxygen atoms in total. The number of esters is 2. The molecule has 0 N–H and O–H groups in total. The number of hydrogen-bond donors (Lipinski definition) is 0. The zero-order valence-corrected chi connectivity index (χ0v) is 25.0. The predicted octanol–water partition coefficient (Wildman–Crippen LogP) is 4.49. The highest BCUT2D eigenvalue weighted by Crippen LogP contribution is 2.72. The lowest BCUT2D eigenvalue weighted by molar-refractivity contribution is -0.277. The van der Waals surface area contributed by atoms with Crippen LogP contribution < -0.4 is 0 Å². The Kier molecular flexibility index (Phi) is 6.39. The Hall–Kier alpha value is -3.35. The van der Waals surface area contributed by atoms with E-state index in [9.17, 15) is 22.8 Å². The Balaban J connectivity index is 1.18. The highest BCUT2D eigenvalue weighted by atomic mass is 19.4. The summed E-state index contributed by atoms with van der Waals surface area (Å²) in [5, 5.41) is 0. The first-order valence-corrected chi connectivity index (χ1v) is 14.8. The number of halogens is 3. The van der Waals surface area contributed by atoms with Crippen molar-refractivity contribution in [2.75, 3.05) is 20.8 Å². The van der Waals surface area contributed by atoms with E-state index < -0.39 is 41.1 Å². The SMILES string of the molecule is COC1=C(C)C(=O)O/C1=C1\O[C@@]23O[C@H]4C[C@@H]([C@H]2[C@@H]1C)N1CC[C@H]3[C@]41/C=C/[C@H](C)OC(=O)[C@](OC)(c1ccccc1)C(F)(F)F. The molecule has 44 heavy (non-hydrogen) atoms. The van der Waals surface area contributed by atoms with Crippen molar-refractivity contribution in [2.24, 2.45) is 17.8 Å². The Bertz CT molecular complexity index is 1510. The van der Waals surface area contributed by atoms with E-state index in [2.05, 4.69) is 4.90 Å². The molecule has 12 heteroatoms. The van der Waals surface area contributed by atoms with Crippen molar-refractivity contribution in [3.8, 4) is 0 Å². The van der Waals surface area contributed by atoms with Gasteiger partial charge in [0.05, 0.1) is 36.2 Å². The third-order valence-electron chi connectivity index (χ3n) is 10.6. The molecule has 1 unspecified atom stereocenters. The predicted molar refractivity (Wildman–Crippen MR) is 146 cm³/mol. The number of carbonyl (C=O) groups is 2. The van der Waals surface area contributed by atoms with Gasteiger partial charge in [0.15, 0.2) is 5.76 Å². The smallest absolute Gasteiger partial charge is 0.432 e. The first kappa shape index (κ1) is 29.4. The maximum atomic E-state index is 14.4. The molecule has 0 aliphatic carbocycles. The Labute approximate surface area is 252 Å². The summed E-state index contributed by atoms with van der Waals surface area (Å²) < 4.78 is 78.1. The average molecular weight is 618 g/mol. The molecule has 6 heterocycles. The molecule has 5 fully saturated rings. The third kappa shape index (κ3) is 3.47. The molecule has 0 radical (unpaired) electrons. The minimum Gasteiger partial charge on any atom is -0.492 e. The molecular formula is C32H34F3NO8. The van der Waals surface area contributed by atoms with Crippen molar-refractivity contribution in [1.82, 2.24) is 4.90 Å². The standard InChI is InChI=1S/C32H34F3NO8/c1-16(41-28(38)30(40-5,32(33,34)35)19-9-7-6-8-10-19)11-13-29-21-12-14-36(29)20-15-22(29)43-31(21)23(20)17(2)25(44-31)26-24(39-4)18(3)27(37)42-26/h6-11,13,16-17,20-23H,12,14-15H2,1-5H3/b13-11+,26-25-/t16-,17-,20-,21-,22-,23+,29+,30+,31+/m0/s1. The van der Waals surface area contributed by atoms with Crippen molar-refractivity contribution in [3.63, 3.8) is 0 Å². The molecule has 1 aromatic carbocycles. The number of alkyl halides is 3. The fourth-order valence-corrected chi connectivity index (χ4v) is 8.88. The summed E-state index contributed by atoms with van der Waals surface area (Å²) in [5.74, 6) is -2.06. The summed E-state index contributed by atoms with van der Waals surface area (Å²) in [6, 6.07) is 6.86. The van der Waals surface area contributed by atoms with E-state index >= 15 is 0 Å². The summed E-state index contributed by atoms with van der Waals surface area (Å²) in [7, 11) is 2.33. The van der Waals surface area contributed by atoms with E-state index in [-0.39, 0.29) is 41.2 Å². The molecule has 5 bridgehead atoms. The summed E-state index contributed by atoms with van der Waals surface area (Å²) in [4.78, 5) is 28.0. The molecule has 7 rings (SSSR count). The van der Waals surface area contributed by atoms with Crippen molar-refractivity contribution in [3.05, 3.63) is 70.9 Å². The molecule has 0 aromatic heterocycles. The van der Waals surface area contributed by atoms with E-state index in [0.717, 1.165) is 26.5 Å². The minimum atomic E-state index is -5.06. The fraction of sp³-hybridized carbons (Fsp3) is 0.562. The van der Waals surface area contributed by atoms with E-state index in [1.165, 1.54) is 38.3 Å². The first-order valence-electron chi connectivity index (χ1n) is 14.8. The second-order valence-corrected chi connectivity index (χ2v) is 12.4. The molecule has 0 saturated carbocycles. The Morgan fingerprint density at radius 1 is 1.20 bits per heavy atom. The van der Waals surface area contributed by atoms with Gasteiger partial charge >= 0.3 is 18.1 Å². The van der Waals surface area contributed by atoms with Gasteiger partial charge in [0.1, 0.15) is 11.9 Å². The normalized spacial score (nSPS) is 40.3. The van der Waals surface area contributed by atoms with E-state index in [1.807, 2.05) is 13.0 Å². The highest BCUT2D eigenvalue weighted by Gasteiger charge is 2.84. The number of cyclic esters (lactones) is 1. The van der Waals surface area contributed by atoms with Gasteiger partial charge in [-0.2, -0.15) is 13.2 Å². The van der Waals surface area contributed by atoms with Crippen LogP contribution in [0.4, 0.5) is 13.2 Å². The van der Waals surface area contributed by atoms with Gasteiger partial charge in [0.25, 0.3) is 5.60 Å². The topological polar surface area (TPSA) is 92.8 Å². The van der Waals surface area contributed by atoms with E-state index in [1.54, 1.807) is 19.1 Å². The zero-order chi connectivity index (χ0) is 31.4. The average Bonchev–Trinajstić information content (AvgIpc) is 3.70. The number of ether oxygens (including phenoxy) is 6. The maximum Gasteiger partial charge on any atom is 0.432 e. The van der Waals surface area contributed by atoms with Gasteiger partial charge in [-0.25, -0.2) is 9.59 Å². The van der Waals surface area contributed by atoms with Gasteiger partial charge in [-0.05, 0) is 32.8 Å². The molecule has 6 aliphatic rings. The molecule has 1 spiro atoms. The highest BCUT2D eigenvalue weighted by molar-refractivity contribution is 5.93. The van der Waals surface area contributed by atoms with Crippen LogP contribution in [0.2, 0.25) is 0 Å². The van der Waals surface area contributed by atoms with Crippen LogP contribution in [-0.4, -0.2) is 73.4 Å². The summed E-state index contributed by atoms with van der Waals surface area (Å²) in [5.41, 5.74) is -3.84. The fourth-order valence-electron chi connectivity index (χ4n) is 8.88. The molecule has 6 aliphatic heterocycles. The minimum absolute atomic E-state index is 0.0225. The van der Waals surface area contributed by atoms with Crippen LogP contribution in [0, 0.1) is 17.8 Å². The lowest BCUT2D eigenvalue weighted by Crippen LogP contribution is -2.60. The van der Waals surface area contributed by atoms with Crippen molar-refractivity contribution >= 4 is 11.9 Å². The maximum absolute atomic E-state index is 14.4. The van der Waals surface area contributed by atoms with Crippen LogP contribution in [0.15, 0.2) is 65.3 Å². The van der Waals surface area contributed by atoms with Gasteiger partial charge in [-0.3, -0.25) is 4.90 Å². The molecule has 10 atom stereocenters. The third-order valence-corrected chi connectivity index (χ3v) is 10.6. The van der Waals surface area contributed by atoms with Gasteiger partial charge < -0.3 is 28.4 Å². The van der Waals surface area contributed by atoms with E-state index in [4.69, 9.17) is 28.4 Å². The largest absolute Gasteiger partial charge is 0.492 e. The number of rotatable bonds is 7. The van der Waals surface area contributed by atoms with Crippen molar-refractivity contribution < 1.29 is 51.2 Å². The number of nitrogens with zero attached hydrogens (tertiary/aromatic N) is 1. The van der Waals surface area contributed by atoms with Crippen LogP contribution in [0.25, 0.3) is 0 Å². The molecular weight excluding hydrogens is 583 g/mol. The molecule has 0 amide bonds. The number of fused-ring (bicyclic) bond motifs is 1. The van der Waals surface area contributed by atoms with Crippen LogP contribution in [-0.2, 0) is 43.6 Å². The number of allylic oxidation sites excluding steroid dienone is 1. The van der Waals surface area contributed by atoms with Crippen molar-refractivity contribution in [2.45, 2.75) is 75.0 Å². The lowest BCUT2D eigenvalue weighted by Gasteiger charge is -2.47. The van der Waals surface area contributed by atoms with Gasteiger partial charge in [-0.15, -0.1) is 0 Å². The van der Waals surface area contributed by atoms with Crippen LogP contribution in [0.1, 0.15) is 39.2 Å². The number of methoxy groups -OCH3 is 2. The quantitative estimate of drug-likeness (QED) is 0.324. The van der Waals surface area contributed by atoms with Crippen LogP contribution >= 0.6 is 0 Å². The second kappa shape index (κ2) is 9.58.